The summed E-state index contributed by atoms with van der Waals surface area (Å²) in [7, 11) is 0. The topological polar surface area (TPSA) is 83.8 Å². The van der Waals surface area contributed by atoms with Crippen molar-refractivity contribution in [2.24, 2.45) is 11.7 Å². The predicted molar refractivity (Wildman–Crippen MR) is 86.2 cm³/mol. The molecule has 114 valence electrons. The second-order valence-electron chi connectivity index (χ2n) is 6.70. The molecule has 0 aliphatic rings. The van der Waals surface area contributed by atoms with Gasteiger partial charge < -0.3 is 16.0 Å². The number of amides is 1. The van der Waals surface area contributed by atoms with E-state index in [9.17, 15) is 4.79 Å². The molecule has 4 N–H and O–H groups in total. The first-order chi connectivity index (χ1) is 9.68. The van der Waals surface area contributed by atoms with Gasteiger partial charge in [-0.3, -0.25) is 4.79 Å². The maximum Gasteiger partial charge on any atom is 0.228 e. The quantitative estimate of drug-likeness (QED) is 0.812. The van der Waals surface area contributed by atoms with Crippen LogP contribution < -0.4 is 11.1 Å². The number of rotatable bonds is 3. The van der Waals surface area contributed by atoms with Gasteiger partial charge in [0.1, 0.15) is 5.82 Å². The number of nitrogens with two attached hydrogens (primary N) is 1. The number of carbonyl (C=O) groups excluding carboxylic acids is 1. The van der Waals surface area contributed by atoms with Crippen LogP contribution in [0.4, 0.5) is 5.69 Å². The third kappa shape index (κ3) is 3.42. The number of hydrogen-bond acceptors (Lipinski definition) is 3. The van der Waals surface area contributed by atoms with Crippen LogP contribution in [0.5, 0.6) is 0 Å². The summed E-state index contributed by atoms with van der Waals surface area (Å²) in [6, 6.07) is 5.51. The Morgan fingerprint density at radius 2 is 2.00 bits per heavy atom. The van der Waals surface area contributed by atoms with E-state index in [1.807, 2.05) is 32.0 Å². The Kier molecular flexibility index (Phi) is 4.05. The van der Waals surface area contributed by atoms with Gasteiger partial charge in [0.2, 0.25) is 5.91 Å². The van der Waals surface area contributed by atoms with Crippen molar-refractivity contribution in [3.8, 4) is 0 Å². The fourth-order valence-electron chi connectivity index (χ4n) is 1.94. The van der Waals surface area contributed by atoms with Crippen LogP contribution >= 0.6 is 0 Å². The number of carbonyl (C=O) groups is 1. The van der Waals surface area contributed by atoms with E-state index in [-0.39, 0.29) is 23.3 Å². The van der Waals surface area contributed by atoms with Gasteiger partial charge in [0.05, 0.1) is 17.0 Å². The number of nitrogens with zero attached hydrogens (tertiary/aromatic N) is 1. The third-order valence-electron chi connectivity index (χ3n) is 3.66. The van der Waals surface area contributed by atoms with Crippen molar-refractivity contribution in [3.05, 3.63) is 24.0 Å². The van der Waals surface area contributed by atoms with Gasteiger partial charge in [-0.25, -0.2) is 4.98 Å². The number of anilines is 1. The van der Waals surface area contributed by atoms with Gasteiger partial charge in [0.25, 0.3) is 0 Å². The van der Waals surface area contributed by atoms with E-state index in [1.54, 1.807) is 0 Å². The molecule has 1 amide bonds. The van der Waals surface area contributed by atoms with Gasteiger partial charge in [0.15, 0.2) is 0 Å². The molecule has 2 aromatic rings. The van der Waals surface area contributed by atoms with Gasteiger partial charge in [-0.2, -0.15) is 0 Å². The van der Waals surface area contributed by atoms with Crippen molar-refractivity contribution < 1.29 is 4.79 Å². The molecule has 0 spiro atoms. The van der Waals surface area contributed by atoms with Crippen molar-refractivity contribution in [2.45, 2.75) is 46.1 Å². The lowest BCUT2D eigenvalue weighted by Crippen LogP contribution is -2.34. The molecule has 5 nitrogen and oxygen atoms in total. The van der Waals surface area contributed by atoms with E-state index in [0.29, 0.717) is 0 Å². The highest BCUT2D eigenvalue weighted by atomic mass is 16.1. The summed E-state index contributed by atoms with van der Waals surface area (Å²) in [5.74, 6) is 0.637. The molecule has 0 fully saturated rings. The number of nitrogens with one attached hydrogen (secondary N) is 2. The highest BCUT2D eigenvalue weighted by Gasteiger charge is 2.19. The molecule has 0 saturated carbocycles. The molecular formula is C16H24N4O. The minimum absolute atomic E-state index is 0.0358. The van der Waals surface area contributed by atoms with Crippen LogP contribution in [-0.4, -0.2) is 21.9 Å². The summed E-state index contributed by atoms with van der Waals surface area (Å²) in [5, 5.41) is 2.90. The lowest BCUT2D eigenvalue weighted by molar-refractivity contribution is -0.119. The maximum atomic E-state index is 12.0. The molecule has 1 aromatic carbocycles. The van der Waals surface area contributed by atoms with E-state index >= 15 is 0 Å². The molecule has 5 heteroatoms. The van der Waals surface area contributed by atoms with Crippen LogP contribution in [0.15, 0.2) is 18.2 Å². The molecule has 2 rings (SSSR count). The fraction of sp³-hybridized carbons (Fsp3) is 0.500. The summed E-state index contributed by atoms with van der Waals surface area (Å²) in [6.07, 6.45) is 0. The molecule has 0 saturated heterocycles. The van der Waals surface area contributed by atoms with Crippen molar-refractivity contribution in [1.82, 2.24) is 9.97 Å². The summed E-state index contributed by atoms with van der Waals surface area (Å²) >= 11 is 0. The smallest absolute Gasteiger partial charge is 0.228 e. The standard InChI is InChI=1S/C16H24N4O/c1-9(10(2)17)14(21)18-11-6-7-12-13(8-11)20-15(19-12)16(3,4)5/h6-10H,17H2,1-5H3,(H,18,21)(H,19,20). The van der Waals surface area contributed by atoms with E-state index < -0.39 is 0 Å². The number of aromatic amines is 1. The highest BCUT2D eigenvalue weighted by molar-refractivity contribution is 5.94. The van der Waals surface area contributed by atoms with E-state index in [0.717, 1.165) is 22.5 Å². The first-order valence-electron chi connectivity index (χ1n) is 7.25. The Labute approximate surface area is 125 Å². The molecule has 0 aliphatic heterocycles. The van der Waals surface area contributed by atoms with E-state index in [4.69, 9.17) is 5.73 Å². The fourth-order valence-corrected chi connectivity index (χ4v) is 1.94. The number of imidazole rings is 1. The number of fused-ring (bicyclic) bond motifs is 1. The number of benzene rings is 1. The Morgan fingerprint density at radius 3 is 2.57 bits per heavy atom. The highest BCUT2D eigenvalue weighted by Crippen LogP contribution is 2.24. The van der Waals surface area contributed by atoms with Gasteiger partial charge in [-0.05, 0) is 25.1 Å². The van der Waals surface area contributed by atoms with Gasteiger partial charge >= 0.3 is 0 Å². The molecule has 21 heavy (non-hydrogen) atoms. The number of aromatic nitrogens is 2. The third-order valence-corrected chi connectivity index (χ3v) is 3.66. The Hall–Kier alpha value is -1.88. The van der Waals surface area contributed by atoms with Crippen LogP contribution in [0.1, 0.15) is 40.4 Å². The first kappa shape index (κ1) is 15.5. The largest absolute Gasteiger partial charge is 0.341 e. The van der Waals surface area contributed by atoms with E-state index in [1.165, 1.54) is 0 Å². The number of H-pyrrole nitrogens is 1. The van der Waals surface area contributed by atoms with Crippen molar-refractivity contribution in [1.29, 1.82) is 0 Å². The van der Waals surface area contributed by atoms with Gasteiger partial charge in [-0.1, -0.05) is 27.7 Å². The molecule has 0 radical (unpaired) electrons. The van der Waals surface area contributed by atoms with Crippen LogP contribution in [0.3, 0.4) is 0 Å². The van der Waals surface area contributed by atoms with Crippen LogP contribution in [-0.2, 0) is 10.2 Å². The minimum Gasteiger partial charge on any atom is -0.341 e. The monoisotopic (exact) mass is 288 g/mol. The minimum atomic E-state index is -0.229. The lowest BCUT2D eigenvalue weighted by Gasteiger charge is -2.15. The summed E-state index contributed by atoms with van der Waals surface area (Å²) in [5.41, 5.74) is 8.30. The molecule has 1 aromatic heterocycles. The molecule has 0 bridgehead atoms. The van der Waals surface area contributed by atoms with Crippen molar-refractivity contribution >= 4 is 22.6 Å². The normalized spacial score (nSPS) is 15.0. The Morgan fingerprint density at radius 1 is 1.33 bits per heavy atom. The molecular weight excluding hydrogens is 264 g/mol. The summed E-state index contributed by atoms with van der Waals surface area (Å²) in [4.78, 5) is 19.9. The summed E-state index contributed by atoms with van der Waals surface area (Å²) < 4.78 is 0. The van der Waals surface area contributed by atoms with Crippen LogP contribution in [0.25, 0.3) is 11.0 Å². The van der Waals surface area contributed by atoms with E-state index in [2.05, 4.69) is 36.1 Å². The van der Waals surface area contributed by atoms with Gasteiger partial charge in [0, 0.05) is 17.1 Å². The van der Waals surface area contributed by atoms with Crippen LogP contribution in [0.2, 0.25) is 0 Å². The van der Waals surface area contributed by atoms with Gasteiger partial charge in [-0.15, -0.1) is 0 Å². The molecule has 1 heterocycles. The first-order valence-corrected chi connectivity index (χ1v) is 7.25. The molecule has 2 unspecified atom stereocenters. The zero-order chi connectivity index (χ0) is 15.8. The maximum absolute atomic E-state index is 12.0. The Bertz CT molecular complexity index is 652. The lowest BCUT2D eigenvalue weighted by atomic mass is 9.96. The van der Waals surface area contributed by atoms with Crippen LogP contribution in [0, 0.1) is 5.92 Å². The summed E-state index contributed by atoms with van der Waals surface area (Å²) in [6.45, 7) is 9.98. The van der Waals surface area contributed by atoms with Crippen molar-refractivity contribution in [3.63, 3.8) is 0 Å². The zero-order valence-corrected chi connectivity index (χ0v) is 13.3. The zero-order valence-electron chi connectivity index (χ0n) is 13.3. The number of hydrogen-bond donors (Lipinski definition) is 3. The second kappa shape index (κ2) is 5.48. The SMILES string of the molecule is CC(N)C(C)C(=O)Nc1ccc2nc(C(C)(C)C)[nH]c2c1. The Balaban J connectivity index is 2.25. The average Bonchev–Trinajstić information content (AvgIpc) is 2.80. The van der Waals surface area contributed by atoms with Crippen molar-refractivity contribution in [2.75, 3.05) is 5.32 Å². The molecule has 0 aliphatic carbocycles. The predicted octanol–water partition coefficient (Wildman–Crippen LogP) is 2.78. The average molecular weight is 288 g/mol. The second-order valence-corrected chi connectivity index (χ2v) is 6.70. The molecule has 2 atom stereocenters.